The molecule has 0 fully saturated rings. The zero-order valence-corrected chi connectivity index (χ0v) is 12.2. The lowest BCUT2D eigenvalue weighted by Gasteiger charge is -2.14. The number of halogens is 1. The molecule has 1 rings (SSSR count). The molecule has 106 valence electrons. The maximum Gasteiger partial charge on any atom is 0.258 e. The van der Waals surface area contributed by atoms with Gasteiger partial charge in [-0.2, -0.15) is 0 Å². The molecule has 1 aromatic rings. The SMILES string of the molecule is CCC(C)NC(=O)COc1cccc(Cl)c1CCN. The van der Waals surface area contributed by atoms with Crippen molar-refractivity contribution in [3.05, 3.63) is 28.8 Å². The molecule has 0 radical (unpaired) electrons. The van der Waals surface area contributed by atoms with E-state index in [0.717, 1.165) is 12.0 Å². The Morgan fingerprint density at radius 2 is 2.26 bits per heavy atom. The van der Waals surface area contributed by atoms with Crippen molar-refractivity contribution in [2.24, 2.45) is 5.73 Å². The Balaban J connectivity index is 2.62. The second-order valence-electron chi connectivity index (χ2n) is 4.42. The first-order chi connectivity index (χ1) is 9.08. The van der Waals surface area contributed by atoms with Crippen LogP contribution in [0.2, 0.25) is 5.02 Å². The average Bonchev–Trinajstić information content (AvgIpc) is 2.39. The molecule has 0 aliphatic heterocycles. The third-order valence-corrected chi connectivity index (χ3v) is 3.20. The summed E-state index contributed by atoms with van der Waals surface area (Å²) in [5.74, 6) is 0.491. The van der Waals surface area contributed by atoms with E-state index in [1.165, 1.54) is 0 Å². The van der Waals surface area contributed by atoms with Crippen LogP contribution >= 0.6 is 11.6 Å². The average molecular weight is 285 g/mol. The second kappa shape index (κ2) is 8.02. The number of rotatable bonds is 7. The van der Waals surface area contributed by atoms with Crippen molar-refractivity contribution in [3.63, 3.8) is 0 Å². The summed E-state index contributed by atoms with van der Waals surface area (Å²) in [6.07, 6.45) is 1.52. The highest BCUT2D eigenvalue weighted by atomic mass is 35.5. The Morgan fingerprint density at radius 3 is 2.89 bits per heavy atom. The van der Waals surface area contributed by atoms with Crippen LogP contribution in [-0.2, 0) is 11.2 Å². The van der Waals surface area contributed by atoms with Crippen molar-refractivity contribution in [3.8, 4) is 5.75 Å². The third kappa shape index (κ3) is 5.09. The van der Waals surface area contributed by atoms with Gasteiger partial charge in [0.05, 0.1) is 0 Å². The molecule has 0 aromatic heterocycles. The van der Waals surface area contributed by atoms with Gasteiger partial charge in [0.25, 0.3) is 5.91 Å². The molecule has 1 amide bonds. The lowest BCUT2D eigenvalue weighted by Crippen LogP contribution is -2.35. The van der Waals surface area contributed by atoms with Gasteiger partial charge in [-0.3, -0.25) is 4.79 Å². The van der Waals surface area contributed by atoms with Gasteiger partial charge in [-0.25, -0.2) is 0 Å². The predicted molar refractivity (Wildman–Crippen MR) is 77.6 cm³/mol. The van der Waals surface area contributed by atoms with Crippen molar-refractivity contribution in [1.82, 2.24) is 5.32 Å². The van der Waals surface area contributed by atoms with Crippen LogP contribution in [0.1, 0.15) is 25.8 Å². The topological polar surface area (TPSA) is 64.3 Å². The normalized spacial score (nSPS) is 12.0. The molecular weight excluding hydrogens is 264 g/mol. The van der Waals surface area contributed by atoms with E-state index in [1.54, 1.807) is 18.2 Å². The number of hydrogen-bond donors (Lipinski definition) is 2. The number of carbonyl (C=O) groups excluding carboxylic acids is 1. The van der Waals surface area contributed by atoms with Crippen LogP contribution in [0.25, 0.3) is 0 Å². The minimum Gasteiger partial charge on any atom is -0.483 e. The van der Waals surface area contributed by atoms with Gasteiger partial charge < -0.3 is 15.8 Å². The highest BCUT2D eigenvalue weighted by Gasteiger charge is 2.10. The minimum absolute atomic E-state index is 0.0117. The minimum atomic E-state index is -0.131. The number of nitrogens with two attached hydrogens (primary N) is 1. The number of amides is 1. The molecule has 1 atom stereocenters. The first-order valence-corrected chi connectivity index (χ1v) is 6.85. The summed E-state index contributed by atoms with van der Waals surface area (Å²) < 4.78 is 5.53. The maximum absolute atomic E-state index is 11.6. The fraction of sp³-hybridized carbons (Fsp3) is 0.500. The van der Waals surface area contributed by atoms with Crippen molar-refractivity contribution in [1.29, 1.82) is 0 Å². The van der Waals surface area contributed by atoms with Gasteiger partial charge in [-0.1, -0.05) is 24.6 Å². The smallest absolute Gasteiger partial charge is 0.258 e. The summed E-state index contributed by atoms with van der Waals surface area (Å²) in [6.45, 7) is 4.45. The molecule has 0 heterocycles. The molecule has 0 saturated heterocycles. The van der Waals surface area contributed by atoms with E-state index < -0.39 is 0 Å². The first kappa shape index (κ1) is 15.8. The zero-order chi connectivity index (χ0) is 14.3. The van der Waals surface area contributed by atoms with Crippen LogP contribution in [0.15, 0.2) is 18.2 Å². The molecule has 4 nitrogen and oxygen atoms in total. The molecule has 0 aliphatic rings. The Labute approximate surface area is 119 Å². The van der Waals surface area contributed by atoms with E-state index >= 15 is 0 Å². The summed E-state index contributed by atoms with van der Waals surface area (Å²) in [7, 11) is 0. The van der Waals surface area contributed by atoms with E-state index in [4.69, 9.17) is 22.1 Å². The number of nitrogens with one attached hydrogen (secondary N) is 1. The van der Waals surface area contributed by atoms with Gasteiger partial charge >= 0.3 is 0 Å². The number of benzene rings is 1. The first-order valence-electron chi connectivity index (χ1n) is 6.48. The molecule has 5 heteroatoms. The van der Waals surface area contributed by atoms with Crippen molar-refractivity contribution in [2.45, 2.75) is 32.7 Å². The van der Waals surface area contributed by atoms with Crippen LogP contribution in [0.4, 0.5) is 0 Å². The van der Waals surface area contributed by atoms with E-state index in [1.807, 2.05) is 13.8 Å². The van der Waals surface area contributed by atoms with E-state index in [-0.39, 0.29) is 18.6 Å². The molecule has 0 aliphatic carbocycles. The van der Waals surface area contributed by atoms with Crippen LogP contribution in [0, 0.1) is 0 Å². The fourth-order valence-corrected chi connectivity index (χ4v) is 1.88. The highest BCUT2D eigenvalue weighted by molar-refractivity contribution is 6.31. The lowest BCUT2D eigenvalue weighted by molar-refractivity contribution is -0.123. The van der Waals surface area contributed by atoms with Gasteiger partial charge in [-0.15, -0.1) is 0 Å². The van der Waals surface area contributed by atoms with Gasteiger partial charge in [0.15, 0.2) is 6.61 Å². The monoisotopic (exact) mass is 284 g/mol. The standard InChI is InChI=1S/C14H21ClN2O2/c1-3-10(2)17-14(18)9-19-13-6-4-5-12(15)11(13)7-8-16/h4-6,10H,3,7-9,16H2,1-2H3,(H,17,18). The Morgan fingerprint density at radius 1 is 1.53 bits per heavy atom. The zero-order valence-electron chi connectivity index (χ0n) is 11.4. The summed E-state index contributed by atoms with van der Waals surface area (Å²) >= 11 is 6.09. The second-order valence-corrected chi connectivity index (χ2v) is 4.83. The molecular formula is C14H21ClN2O2. The van der Waals surface area contributed by atoms with Gasteiger partial charge in [0, 0.05) is 16.6 Å². The van der Waals surface area contributed by atoms with Crippen molar-refractivity contribution < 1.29 is 9.53 Å². The van der Waals surface area contributed by atoms with Crippen LogP contribution in [0.5, 0.6) is 5.75 Å². The number of hydrogen-bond acceptors (Lipinski definition) is 3. The quantitative estimate of drug-likeness (QED) is 0.806. The molecule has 19 heavy (non-hydrogen) atoms. The third-order valence-electron chi connectivity index (χ3n) is 2.85. The largest absolute Gasteiger partial charge is 0.483 e. The van der Waals surface area contributed by atoms with E-state index in [9.17, 15) is 4.79 Å². The predicted octanol–water partition coefficient (Wildman–Crippen LogP) is 2.13. The van der Waals surface area contributed by atoms with Crippen LogP contribution < -0.4 is 15.8 Å². The molecule has 1 aromatic carbocycles. The van der Waals surface area contributed by atoms with Crippen LogP contribution in [-0.4, -0.2) is 25.1 Å². The molecule has 0 spiro atoms. The maximum atomic E-state index is 11.6. The van der Waals surface area contributed by atoms with Gasteiger partial charge in [-0.05, 0) is 38.4 Å². The summed E-state index contributed by atoms with van der Waals surface area (Å²) in [5, 5.41) is 3.46. The lowest BCUT2D eigenvalue weighted by atomic mass is 10.1. The molecule has 0 saturated carbocycles. The molecule has 1 unspecified atom stereocenters. The Hall–Kier alpha value is -1.26. The highest BCUT2D eigenvalue weighted by Crippen LogP contribution is 2.26. The van der Waals surface area contributed by atoms with Crippen molar-refractivity contribution in [2.75, 3.05) is 13.2 Å². The van der Waals surface area contributed by atoms with E-state index in [2.05, 4.69) is 5.32 Å². The molecule has 0 bridgehead atoms. The molecule has 3 N–H and O–H groups in total. The Bertz CT molecular complexity index is 424. The van der Waals surface area contributed by atoms with E-state index in [0.29, 0.717) is 23.7 Å². The number of carbonyl (C=O) groups is 1. The summed E-state index contributed by atoms with van der Waals surface area (Å²) in [6, 6.07) is 5.54. The fourth-order valence-electron chi connectivity index (χ4n) is 1.62. The van der Waals surface area contributed by atoms with Crippen LogP contribution in [0.3, 0.4) is 0 Å². The van der Waals surface area contributed by atoms with Gasteiger partial charge in [0.1, 0.15) is 5.75 Å². The van der Waals surface area contributed by atoms with Gasteiger partial charge in [0.2, 0.25) is 0 Å². The number of ether oxygens (including phenoxy) is 1. The van der Waals surface area contributed by atoms with Crippen molar-refractivity contribution >= 4 is 17.5 Å². The Kier molecular flexibility index (Phi) is 6.67. The summed E-state index contributed by atoms with van der Waals surface area (Å²) in [5.41, 5.74) is 6.39. The summed E-state index contributed by atoms with van der Waals surface area (Å²) in [4.78, 5) is 11.6.